The topological polar surface area (TPSA) is 57.4 Å². The monoisotopic (exact) mass is 316 g/mol. The largest absolute Gasteiger partial charge is 0.390 e. The summed E-state index contributed by atoms with van der Waals surface area (Å²) in [6.45, 7) is 0.0986. The van der Waals surface area contributed by atoms with Crippen LogP contribution in [0.3, 0.4) is 0 Å². The number of alkyl halides is 1. The van der Waals surface area contributed by atoms with Crippen LogP contribution in [0.1, 0.15) is 0 Å². The molecule has 2 aromatic carbocycles. The van der Waals surface area contributed by atoms with Gasteiger partial charge in [-0.25, -0.2) is 4.39 Å². The van der Waals surface area contributed by atoms with E-state index in [4.69, 9.17) is 0 Å². The summed E-state index contributed by atoms with van der Waals surface area (Å²) in [5.41, 5.74) is 2.16. The van der Waals surface area contributed by atoms with Crippen LogP contribution in [0.15, 0.2) is 48.5 Å². The smallest absolute Gasteiger partial charge is 0.117 e. The molecule has 0 spiro atoms. The Kier molecular flexibility index (Phi) is 4.91. The lowest BCUT2D eigenvalue weighted by Gasteiger charge is -2.15. The molecular weight excluding hydrogens is 295 g/mol. The average Bonchev–Trinajstić information content (AvgIpc) is 2.89. The van der Waals surface area contributed by atoms with Gasteiger partial charge in [-0.1, -0.05) is 36.4 Å². The predicted molar refractivity (Wildman–Crippen MR) is 90.3 cm³/mol. The van der Waals surface area contributed by atoms with E-state index in [9.17, 15) is 14.6 Å². The maximum Gasteiger partial charge on any atom is 0.117 e. The summed E-state index contributed by atoms with van der Waals surface area (Å²) < 4.78 is 14.3. The molecule has 0 aliphatic rings. The number of aliphatic hydroxyl groups excluding tert-OH is 2. The van der Waals surface area contributed by atoms with Crippen LogP contribution in [0.25, 0.3) is 21.8 Å². The highest BCUT2D eigenvalue weighted by Gasteiger charge is 2.13. The second-order valence-electron chi connectivity index (χ2n) is 5.77. The molecule has 0 aliphatic heterocycles. The molecule has 0 fully saturated rings. The first kappa shape index (κ1) is 15.9. The maximum absolute atomic E-state index is 12.2. The summed E-state index contributed by atoms with van der Waals surface area (Å²) in [6.07, 6.45) is -1.64. The zero-order valence-corrected chi connectivity index (χ0v) is 12.8. The van der Waals surface area contributed by atoms with Crippen LogP contribution in [-0.4, -0.2) is 46.8 Å². The van der Waals surface area contributed by atoms with E-state index in [0.717, 1.165) is 21.8 Å². The van der Waals surface area contributed by atoms with Gasteiger partial charge < -0.3 is 20.1 Å². The Hall–Kier alpha value is -1.95. The Morgan fingerprint density at radius 1 is 0.870 bits per heavy atom. The SMILES string of the molecule is OC(CF)CNCC(O)Cn1c2ccccc2c2ccccc21. The van der Waals surface area contributed by atoms with Crippen molar-refractivity contribution in [1.29, 1.82) is 0 Å². The van der Waals surface area contributed by atoms with Gasteiger partial charge in [0.1, 0.15) is 6.67 Å². The number of aliphatic hydroxyl groups is 2. The van der Waals surface area contributed by atoms with Crippen molar-refractivity contribution in [3.8, 4) is 0 Å². The van der Waals surface area contributed by atoms with E-state index in [1.807, 2.05) is 36.4 Å². The molecule has 0 bridgehead atoms. The van der Waals surface area contributed by atoms with Gasteiger partial charge in [0.15, 0.2) is 0 Å². The molecule has 2 atom stereocenters. The molecule has 3 rings (SSSR count). The van der Waals surface area contributed by atoms with Gasteiger partial charge in [0.2, 0.25) is 0 Å². The molecule has 5 heteroatoms. The molecule has 0 amide bonds. The van der Waals surface area contributed by atoms with Crippen molar-refractivity contribution < 1.29 is 14.6 Å². The van der Waals surface area contributed by atoms with Gasteiger partial charge in [-0.3, -0.25) is 0 Å². The normalized spacial score (nSPS) is 14.4. The van der Waals surface area contributed by atoms with Gasteiger partial charge in [0.25, 0.3) is 0 Å². The first-order valence-corrected chi connectivity index (χ1v) is 7.79. The molecule has 3 aromatic rings. The fourth-order valence-corrected chi connectivity index (χ4v) is 2.95. The minimum absolute atomic E-state index is 0.140. The highest BCUT2D eigenvalue weighted by atomic mass is 19.1. The van der Waals surface area contributed by atoms with Crippen LogP contribution in [0.5, 0.6) is 0 Å². The van der Waals surface area contributed by atoms with Crippen LogP contribution in [0.2, 0.25) is 0 Å². The Labute approximate surface area is 134 Å². The van der Waals surface area contributed by atoms with Crippen molar-refractivity contribution in [1.82, 2.24) is 9.88 Å². The van der Waals surface area contributed by atoms with E-state index in [-0.39, 0.29) is 6.54 Å². The Balaban J connectivity index is 1.81. The molecule has 3 N–H and O–H groups in total. The van der Waals surface area contributed by atoms with Gasteiger partial charge in [-0.05, 0) is 12.1 Å². The molecule has 0 aliphatic carbocycles. The second kappa shape index (κ2) is 7.08. The number of fused-ring (bicyclic) bond motifs is 3. The van der Waals surface area contributed by atoms with E-state index in [0.29, 0.717) is 13.1 Å². The number of nitrogens with zero attached hydrogens (tertiary/aromatic N) is 1. The van der Waals surface area contributed by atoms with E-state index in [1.54, 1.807) is 0 Å². The molecule has 0 radical (unpaired) electrons. The minimum Gasteiger partial charge on any atom is -0.390 e. The first-order chi connectivity index (χ1) is 11.2. The van der Waals surface area contributed by atoms with Crippen LogP contribution < -0.4 is 5.32 Å². The van der Waals surface area contributed by atoms with Crippen molar-refractivity contribution >= 4 is 21.8 Å². The third-order valence-electron chi connectivity index (χ3n) is 4.01. The minimum atomic E-state index is -1.02. The summed E-state index contributed by atoms with van der Waals surface area (Å²) in [7, 11) is 0. The summed E-state index contributed by atoms with van der Waals surface area (Å²) in [5.74, 6) is 0. The van der Waals surface area contributed by atoms with Crippen molar-refractivity contribution in [2.24, 2.45) is 0 Å². The second-order valence-corrected chi connectivity index (χ2v) is 5.77. The number of hydrogen-bond acceptors (Lipinski definition) is 3. The van der Waals surface area contributed by atoms with Gasteiger partial charge in [-0.2, -0.15) is 0 Å². The zero-order valence-electron chi connectivity index (χ0n) is 12.8. The number of nitrogens with one attached hydrogen (secondary N) is 1. The molecule has 122 valence electrons. The summed E-state index contributed by atoms with van der Waals surface area (Å²) in [4.78, 5) is 0. The van der Waals surface area contributed by atoms with Crippen LogP contribution in [0.4, 0.5) is 4.39 Å². The summed E-state index contributed by atoms with van der Waals surface area (Å²) >= 11 is 0. The number of para-hydroxylation sites is 2. The molecular formula is C18H21FN2O2. The number of rotatable bonds is 7. The third-order valence-corrected chi connectivity index (χ3v) is 4.01. The standard InChI is InChI=1S/C18H21FN2O2/c19-9-13(22)10-20-11-14(23)12-21-17-7-3-1-5-15(17)16-6-2-4-8-18(16)21/h1-8,13-14,20,22-23H,9-12H2. The zero-order chi connectivity index (χ0) is 16.2. The molecule has 0 saturated carbocycles. The van der Waals surface area contributed by atoms with Crippen LogP contribution in [-0.2, 0) is 6.54 Å². The lowest BCUT2D eigenvalue weighted by molar-refractivity contribution is 0.120. The Morgan fingerprint density at radius 3 is 1.96 bits per heavy atom. The molecule has 23 heavy (non-hydrogen) atoms. The van der Waals surface area contributed by atoms with E-state index in [1.165, 1.54) is 0 Å². The third kappa shape index (κ3) is 3.37. The van der Waals surface area contributed by atoms with Crippen molar-refractivity contribution in [3.63, 3.8) is 0 Å². The van der Waals surface area contributed by atoms with Crippen molar-refractivity contribution in [2.45, 2.75) is 18.8 Å². The van der Waals surface area contributed by atoms with Crippen LogP contribution >= 0.6 is 0 Å². The lowest BCUT2D eigenvalue weighted by atomic mass is 10.2. The Morgan fingerprint density at radius 2 is 1.39 bits per heavy atom. The van der Waals surface area contributed by atoms with Crippen molar-refractivity contribution in [2.75, 3.05) is 19.8 Å². The van der Waals surface area contributed by atoms with Gasteiger partial charge in [-0.15, -0.1) is 0 Å². The molecule has 2 unspecified atom stereocenters. The van der Waals surface area contributed by atoms with E-state index >= 15 is 0 Å². The lowest BCUT2D eigenvalue weighted by Crippen LogP contribution is -2.35. The summed E-state index contributed by atoms with van der Waals surface area (Å²) in [5, 5.41) is 24.7. The molecule has 0 saturated heterocycles. The molecule has 1 aromatic heterocycles. The highest BCUT2D eigenvalue weighted by molar-refractivity contribution is 6.07. The maximum atomic E-state index is 12.2. The molecule has 4 nitrogen and oxygen atoms in total. The number of halogens is 1. The average molecular weight is 316 g/mol. The van der Waals surface area contributed by atoms with Crippen LogP contribution in [0, 0.1) is 0 Å². The highest BCUT2D eigenvalue weighted by Crippen LogP contribution is 2.28. The van der Waals surface area contributed by atoms with Gasteiger partial charge >= 0.3 is 0 Å². The number of aromatic nitrogens is 1. The fourth-order valence-electron chi connectivity index (χ4n) is 2.95. The predicted octanol–water partition coefficient (Wildman–Crippen LogP) is 2.08. The number of benzene rings is 2. The fraction of sp³-hybridized carbons (Fsp3) is 0.333. The Bertz CT molecular complexity index is 734. The number of hydrogen-bond donors (Lipinski definition) is 3. The van der Waals surface area contributed by atoms with Crippen molar-refractivity contribution in [3.05, 3.63) is 48.5 Å². The van der Waals surface area contributed by atoms with Gasteiger partial charge in [0, 0.05) is 34.9 Å². The van der Waals surface area contributed by atoms with E-state index < -0.39 is 18.9 Å². The van der Waals surface area contributed by atoms with Gasteiger partial charge in [0.05, 0.1) is 18.8 Å². The van der Waals surface area contributed by atoms with E-state index in [2.05, 4.69) is 22.0 Å². The quantitative estimate of drug-likeness (QED) is 0.625. The summed E-state index contributed by atoms with van der Waals surface area (Å²) in [6, 6.07) is 16.2. The molecule has 1 heterocycles. The first-order valence-electron chi connectivity index (χ1n) is 7.79.